The monoisotopic (exact) mass is 542 g/mol. The molecule has 1 fully saturated rings. The standard InChI is InChI=1S/C28H30N8O4/c1-17-25(31-32-36(17)21-9-11-34(12-10-21)28(38)39)19-13-24(26-20(14-29)15-30-35(26)16-19)40-18(2)22-7-5-6-8-23(22)27(37)33(3)4/h5-8,13,15-16,18,21H,9-12H2,1-4H3,(H,38,39). The summed E-state index contributed by atoms with van der Waals surface area (Å²) in [4.78, 5) is 27.0. The average molecular weight is 543 g/mol. The number of ether oxygens (including phenoxy) is 1. The fourth-order valence-corrected chi connectivity index (χ4v) is 5.18. The highest BCUT2D eigenvalue weighted by Gasteiger charge is 2.27. The molecular weight excluding hydrogens is 512 g/mol. The smallest absolute Gasteiger partial charge is 0.407 e. The molecule has 5 rings (SSSR count). The number of aromatic nitrogens is 5. The number of carbonyl (C=O) groups excluding carboxylic acids is 1. The van der Waals surface area contributed by atoms with Crippen molar-refractivity contribution >= 4 is 17.5 Å². The second-order valence-corrected chi connectivity index (χ2v) is 10.1. The Morgan fingerprint density at radius 2 is 1.95 bits per heavy atom. The highest BCUT2D eigenvalue weighted by molar-refractivity contribution is 5.95. The van der Waals surface area contributed by atoms with E-state index < -0.39 is 12.2 Å². The number of carbonyl (C=O) groups is 2. The number of hydrogen-bond acceptors (Lipinski definition) is 7. The van der Waals surface area contributed by atoms with Gasteiger partial charge in [0.15, 0.2) is 0 Å². The van der Waals surface area contributed by atoms with Crippen LogP contribution in [0.25, 0.3) is 16.8 Å². The maximum absolute atomic E-state index is 12.8. The molecule has 3 aromatic heterocycles. The first-order valence-corrected chi connectivity index (χ1v) is 13.0. The molecule has 1 aromatic carbocycles. The summed E-state index contributed by atoms with van der Waals surface area (Å²) in [5.41, 5.74) is 4.30. The number of rotatable bonds is 6. The minimum absolute atomic E-state index is 0.0388. The van der Waals surface area contributed by atoms with Gasteiger partial charge in [-0.05, 0) is 38.8 Å². The minimum Gasteiger partial charge on any atom is -0.484 e. The van der Waals surface area contributed by atoms with Crippen molar-refractivity contribution in [2.24, 2.45) is 0 Å². The fraction of sp³-hybridized carbons (Fsp3) is 0.357. The lowest BCUT2D eigenvalue weighted by molar-refractivity contribution is 0.0822. The predicted octanol–water partition coefficient (Wildman–Crippen LogP) is 3.93. The van der Waals surface area contributed by atoms with Crippen molar-refractivity contribution in [3.63, 3.8) is 0 Å². The van der Waals surface area contributed by atoms with Crippen LogP contribution in [0.5, 0.6) is 5.75 Å². The quantitative estimate of drug-likeness (QED) is 0.386. The molecule has 1 atom stereocenters. The van der Waals surface area contributed by atoms with Crippen LogP contribution in [0.3, 0.4) is 0 Å². The molecule has 0 aliphatic carbocycles. The zero-order valence-corrected chi connectivity index (χ0v) is 22.8. The van der Waals surface area contributed by atoms with E-state index in [2.05, 4.69) is 21.5 Å². The number of benzene rings is 1. The molecule has 4 aromatic rings. The zero-order chi connectivity index (χ0) is 28.6. The van der Waals surface area contributed by atoms with Crippen molar-refractivity contribution in [3.05, 3.63) is 65.1 Å². The maximum Gasteiger partial charge on any atom is 0.407 e. The van der Waals surface area contributed by atoms with E-state index in [1.807, 2.05) is 42.8 Å². The third-order valence-electron chi connectivity index (χ3n) is 7.32. The highest BCUT2D eigenvalue weighted by atomic mass is 16.5. The summed E-state index contributed by atoms with van der Waals surface area (Å²) in [6.45, 7) is 4.68. The van der Waals surface area contributed by atoms with Crippen LogP contribution >= 0.6 is 0 Å². The molecule has 1 aliphatic heterocycles. The SMILES string of the molecule is Cc1c(-c2cc(OC(C)c3ccccc3C(=O)N(C)C)c3c(C#N)cnn3c2)nnn1C1CCN(C(=O)O)CC1. The van der Waals surface area contributed by atoms with Gasteiger partial charge >= 0.3 is 6.09 Å². The van der Waals surface area contributed by atoms with E-state index in [0.717, 1.165) is 11.3 Å². The Morgan fingerprint density at radius 3 is 2.62 bits per heavy atom. The van der Waals surface area contributed by atoms with Gasteiger partial charge < -0.3 is 19.6 Å². The topological polar surface area (TPSA) is 142 Å². The summed E-state index contributed by atoms with van der Waals surface area (Å²) in [6.07, 6.45) is 3.14. The molecule has 1 aliphatic rings. The summed E-state index contributed by atoms with van der Waals surface area (Å²) in [7, 11) is 3.40. The van der Waals surface area contributed by atoms with Gasteiger partial charge in [0.05, 0.1) is 17.9 Å². The second-order valence-electron chi connectivity index (χ2n) is 10.1. The summed E-state index contributed by atoms with van der Waals surface area (Å²) >= 11 is 0. The molecule has 1 N–H and O–H groups in total. The molecule has 12 heteroatoms. The zero-order valence-electron chi connectivity index (χ0n) is 22.8. The summed E-state index contributed by atoms with van der Waals surface area (Å²) in [5, 5.41) is 32.2. The van der Waals surface area contributed by atoms with Crippen molar-refractivity contribution in [1.29, 1.82) is 5.26 Å². The Kier molecular flexibility index (Phi) is 7.13. The van der Waals surface area contributed by atoms with Gasteiger partial charge in [0.1, 0.15) is 34.7 Å². The fourth-order valence-electron chi connectivity index (χ4n) is 5.18. The van der Waals surface area contributed by atoms with Crippen molar-refractivity contribution < 1.29 is 19.4 Å². The number of nitriles is 1. The molecule has 206 valence electrons. The van der Waals surface area contributed by atoms with Gasteiger partial charge in [-0.1, -0.05) is 23.4 Å². The third-order valence-corrected chi connectivity index (χ3v) is 7.32. The lowest BCUT2D eigenvalue weighted by atomic mass is 10.0. The van der Waals surface area contributed by atoms with E-state index in [1.165, 1.54) is 16.0 Å². The number of amides is 2. The van der Waals surface area contributed by atoms with Gasteiger partial charge in [-0.3, -0.25) is 4.79 Å². The Hall–Kier alpha value is -4.92. The molecule has 12 nitrogen and oxygen atoms in total. The first kappa shape index (κ1) is 26.7. The number of fused-ring (bicyclic) bond motifs is 1. The maximum atomic E-state index is 12.8. The number of nitrogens with zero attached hydrogens (tertiary/aromatic N) is 8. The Bertz CT molecular complexity index is 1620. The number of hydrogen-bond donors (Lipinski definition) is 1. The van der Waals surface area contributed by atoms with Crippen molar-refractivity contribution in [1.82, 2.24) is 34.4 Å². The summed E-state index contributed by atoms with van der Waals surface area (Å²) < 4.78 is 9.90. The first-order chi connectivity index (χ1) is 19.2. The van der Waals surface area contributed by atoms with E-state index >= 15 is 0 Å². The van der Waals surface area contributed by atoms with Gasteiger partial charge in [0.25, 0.3) is 5.91 Å². The van der Waals surface area contributed by atoms with Gasteiger partial charge in [-0.25, -0.2) is 14.0 Å². The number of piperidine rings is 1. The van der Waals surface area contributed by atoms with Crippen molar-refractivity contribution in [3.8, 4) is 23.1 Å². The molecule has 0 radical (unpaired) electrons. The molecule has 0 bridgehead atoms. The van der Waals surface area contributed by atoms with Crippen LogP contribution < -0.4 is 4.74 Å². The lowest BCUT2D eigenvalue weighted by Gasteiger charge is -2.30. The average Bonchev–Trinajstić information content (AvgIpc) is 3.55. The summed E-state index contributed by atoms with van der Waals surface area (Å²) in [6, 6.07) is 11.3. The Morgan fingerprint density at radius 1 is 1.23 bits per heavy atom. The van der Waals surface area contributed by atoms with Crippen molar-refractivity contribution in [2.75, 3.05) is 27.2 Å². The van der Waals surface area contributed by atoms with Crippen LogP contribution in [0.1, 0.15) is 59.1 Å². The van der Waals surface area contributed by atoms with E-state index in [-0.39, 0.29) is 11.9 Å². The van der Waals surface area contributed by atoms with E-state index in [1.54, 1.807) is 30.9 Å². The molecule has 0 spiro atoms. The molecule has 0 saturated carbocycles. The number of carboxylic acid groups (broad SMARTS) is 1. The van der Waals surface area contributed by atoms with Crippen LogP contribution in [0.4, 0.5) is 4.79 Å². The van der Waals surface area contributed by atoms with E-state index in [9.17, 15) is 20.0 Å². The van der Waals surface area contributed by atoms with Crippen LogP contribution in [0.15, 0.2) is 42.7 Å². The van der Waals surface area contributed by atoms with Crippen LogP contribution in [0.2, 0.25) is 0 Å². The van der Waals surface area contributed by atoms with Crippen LogP contribution in [-0.4, -0.2) is 78.7 Å². The molecule has 1 saturated heterocycles. The minimum atomic E-state index is -0.908. The molecule has 1 unspecified atom stereocenters. The second kappa shape index (κ2) is 10.7. The van der Waals surface area contributed by atoms with E-state index in [4.69, 9.17) is 4.74 Å². The Balaban J connectivity index is 1.51. The molecule has 4 heterocycles. The molecule has 2 amide bonds. The Labute approximate surface area is 231 Å². The molecular formula is C28H30N8O4. The normalized spacial score (nSPS) is 14.6. The number of likely N-dealkylation sites (tertiary alicyclic amines) is 1. The van der Waals surface area contributed by atoms with Crippen LogP contribution in [-0.2, 0) is 0 Å². The van der Waals surface area contributed by atoms with E-state index in [0.29, 0.717) is 59.6 Å². The summed E-state index contributed by atoms with van der Waals surface area (Å²) in [5.74, 6) is 0.295. The van der Waals surface area contributed by atoms with Gasteiger partial charge in [-0.2, -0.15) is 10.4 Å². The van der Waals surface area contributed by atoms with Crippen LogP contribution in [0, 0.1) is 18.3 Å². The predicted molar refractivity (Wildman–Crippen MR) is 145 cm³/mol. The largest absolute Gasteiger partial charge is 0.484 e. The van der Waals surface area contributed by atoms with Crippen molar-refractivity contribution in [2.45, 2.75) is 38.8 Å². The third kappa shape index (κ3) is 4.82. The number of pyridine rings is 1. The lowest BCUT2D eigenvalue weighted by Crippen LogP contribution is -2.38. The van der Waals surface area contributed by atoms with Gasteiger partial charge in [0.2, 0.25) is 0 Å². The van der Waals surface area contributed by atoms with Gasteiger partial charge in [0, 0.05) is 50.1 Å². The highest BCUT2D eigenvalue weighted by Crippen LogP contribution is 2.35. The molecule has 40 heavy (non-hydrogen) atoms. The van der Waals surface area contributed by atoms with Gasteiger partial charge in [-0.15, -0.1) is 5.10 Å². The first-order valence-electron chi connectivity index (χ1n) is 13.0.